The first-order chi connectivity index (χ1) is 12.3. The lowest BCUT2D eigenvalue weighted by Gasteiger charge is -2.13. The van der Waals surface area contributed by atoms with E-state index in [2.05, 4.69) is 21.8 Å². The molecular formula is C19H18N4O3. The summed E-state index contributed by atoms with van der Waals surface area (Å²) in [5.74, 6) is 4.49. The zero-order valence-corrected chi connectivity index (χ0v) is 14.5. The van der Waals surface area contributed by atoms with E-state index < -0.39 is 17.4 Å². The molecule has 132 valence electrons. The summed E-state index contributed by atoms with van der Waals surface area (Å²) < 4.78 is 0. The van der Waals surface area contributed by atoms with Crippen molar-refractivity contribution >= 4 is 11.8 Å². The van der Waals surface area contributed by atoms with Crippen molar-refractivity contribution in [2.75, 3.05) is 13.6 Å². The van der Waals surface area contributed by atoms with Crippen molar-refractivity contribution in [3.05, 3.63) is 47.4 Å². The predicted octanol–water partition coefficient (Wildman–Crippen LogP) is 0.496. The molecule has 1 saturated heterocycles. The second kappa shape index (κ2) is 6.58. The molecule has 2 amide bonds. The van der Waals surface area contributed by atoms with E-state index in [0.717, 1.165) is 0 Å². The number of rotatable bonds is 2. The summed E-state index contributed by atoms with van der Waals surface area (Å²) in [6.07, 6.45) is 1.83. The molecule has 3 N–H and O–H groups in total. The number of nitrogens with two attached hydrogens (primary N) is 1. The number of likely N-dealkylation sites (N-methyl/N-ethyl adjacent to an activating group) is 1. The first kappa shape index (κ1) is 17.6. The molecule has 1 aliphatic heterocycles. The molecule has 0 radical (unpaired) electrons. The topological polar surface area (TPSA) is 109 Å². The third-order valence-electron chi connectivity index (χ3n) is 4.27. The van der Waals surface area contributed by atoms with Crippen LogP contribution in [0, 0.1) is 18.8 Å². The highest BCUT2D eigenvalue weighted by Gasteiger charge is 2.42. The highest BCUT2D eigenvalue weighted by atomic mass is 16.3. The molecule has 7 heteroatoms. The van der Waals surface area contributed by atoms with Gasteiger partial charge in [0, 0.05) is 31.1 Å². The fourth-order valence-corrected chi connectivity index (χ4v) is 2.72. The van der Waals surface area contributed by atoms with Gasteiger partial charge in [-0.15, -0.1) is 0 Å². The van der Waals surface area contributed by atoms with Crippen LogP contribution in [0.3, 0.4) is 0 Å². The fraction of sp³-hybridized carbons (Fsp3) is 0.263. The number of likely N-dealkylation sites (tertiary alicyclic amines) is 1. The van der Waals surface area contributed by atoms with Crippen molar-refractivity contribution in [3.63, 3.8) is 0 Å². The first-order valence-corrected chi connectivity index (χ1v) is 8.05. The van der Waals surface area contributed by atoms with Gasteiger partial charge in [0.25, 0.3) is 11.8 Å². The summed E-state index contributed by atoms with van der Waals surface area (Å²) in [6, 6.07) is 7.10. The minimum Gasteiger partial charge on any atom is -0.369 e. The van der Waals surface area contributed by atoms with Crippen molar-refractivity contribution in [3.8, 4) is 23.1 Å². The van der Waals surface area contributed by atoms with Gasteiger partial charge in [0.2, 0.25) is 5.60 Å². The molecule has 7 nitrogen and oxygen atoms in total. The van der Waals surface area contributed by atoms with E-state index in [0.29, 0.717) is 29.1 Å². The average molecular weight is 350 g/mol. The van der Waals surface area contributed by atoms with Crippen LogP contribution in [0.5, 0.6) is 0 Å². The van der Waals surface area contributed by atoms with Crippen molar-refractivity contribution in [2.45, 2.75) is 18.9 Å². The van der Waals surface area contributed by atoms with Crippen LogP contribution in [0.2, 0.25) is 0 Å². The van der Waals surface area contributed by atoms with Crippen molar-refractivity contribution in [1.82, 2.24) is 14.9 Å². The zero-order valence-electron chi connectivity index (χ0n) is 14.5. The number of carbonyl (C=O) groups is 2. The van der Waals surface area contributed by atoms with Crippen molar-refractivity contribution in [2.24, 2.45) is 5.73 Å². The van der Waals surface area contributed by atoms with Gasteiger partial charge in [-0.1, -0.05) is 24.0 Å². The summed E-state index contributed by atoms with van der Waals surface area (Å²) >= 11 is 0. The summed E-state index contributed by atoms with van der Waals surface area (Å²) in [7, 11) is 1.63. The lowest BCUT2D eigenvalue weighted by Crippen LogP contribution is -2.37. The van der Waals surface area contributed by atoms with Crippen LogP contribution in [0.4, 0.5) is 0 Å². The Bertz CT molecular complexity index is 961. The molecule has 0 aliphatic carbocycles. The van der Waals surface area contributed by atoms with E-state index in [4.69, 9.17) is 5.73 Å². The van der Waals surface area contributed by atoms with E-state index in [1.54, 1.807) is 44.4 Å². The maximum absolute atomic E-state index is 12.0. The maximum Gasteiger partial charge on any atom is 0.269 e. The Hall–Kier alpha value is -3.24. The summed E-state index contributed by atoms with van der Waals surface area (Å²) in [4.78, 5) is 33.3. The fourth-order valence-electron chi connectivity index (χ4n) is 2.72. The van der Waals surface area contributed by atoms with Gasteiger partial charge in [0.05, 0.1) is 17.6 Å². The summed E-state index contributed by atoms with van der Waals surface area (Å²) in [6.45, 7) is 2.13. The molecule has 0 saturated carbocycles. The predicted molar refractivity (Wildman–Crippen MR) is 94.8 cm³/mol. The second-order valence-electron chi connectivity index (χ2n) is 6.22. The van der Waals surface area contributed by atoms with Crippen LogP contribution in [-0.4, -0.2) is 51.0 Å². The van der Waals surface area contributed by atoms with Gasteiger partial charge >= 0.3 is 0 Å². The molecule has 26 heavy (non-hydrogen) atoms. The van der Waals surface area contributed by atoms with Gasteiger partial charge in [0.15, 0.2) is 0 Å². The van der Waals surface area contributed by atoms with E-state index in [-0.39, 0.29) is 12.1 Å². The van der Waals surface area contributed by atoms with Crippen LogP contribution >= 0.6 is 0 Å². The van der Waals surface area contributed by atoms with Crippen molar-refractivity contribution < 1.29 is 14.7 Å². The van der Waals surface area contributed by atoms with E-state index in [9.17, 15) is 14.7 Å². The number of benzene rings is 1. The number of primary amides is 1. The zero-order chi connectivity index (χ0) is 18.9. The minimum atomic E-state index is -1.65. The number of aliphatic hydroxyl groups is 1. The summed E-state index contributed by atoms with van der Waals surface area (Å²) in [5.41, 5.74) is 6.06. The average Bonchev–Trinajstić information content (AvgIpc) is 2.88. The quantitative estimate of drug-likeness (QED) is 0.767. The minimum absolute atomic E-state index is 0.118. The number of carbonyl (C=O) groups excluding carboxylic acids is 2. The van der Waals surface area contributed by atoms with Crippen molar-refractivity contribution in [1.29, 1.82) is 0 Å². The monoisotopic (exact) mass is 350 g/mol. The Balaban J connectivity index is 1.93. The molecule has 1 fully saturated rings. The molecule has 2 aromatic rings. The Morgan fingerprint density at radius 1 is 1.42 bits per heavy atom. The molecule has 1 aromatic heterocycles. The van der Waals surface area contributed by atoms with E-state index in [1.807, 2.05) is 0 Å². The van der Waals surface area contributed by atoms with Gasteiger partial charge in [-0.2, -0.15) is 0 Å². The lowest BCUT2D eigenvalue weighted by molar-refractivity contribution is -0.137. The number of amides is 2. The van der Waals surface area contributed by atoms with E-state index in [1.165, 1.54) is 4.90 Å². The molecule has 1 aliphatic rings. The molecule has 0 bridgehead atoms. The van der Waals surface area contributed by atoms with Gasteiger partial charge < -0.3 is 15.7 Å². The molecular weight excluding hydrogens is 332 g/mol. The van der Waals surface area contributed by atoms with Crippen LogP contribution in [-0.2, 0) is 4.79 Å². The van der Waals surface area contributed by atoms with Gasteiger partial charge in [-0.25, -0.2) is 4.98 Å². The molecule has 1 unspecified atom stereocenters. The lowest BCUT2D eigenvalue weighted by atomic mass is 10.0. The second-order valence-corrected chi connectivity index (χ2v) is 6.22. The summed E-state index contributed by atoms with van der Waals surface area (Å²) in [5, 5.41) is 10.4. The van der Waals surface area contributed by atoms with Crippen LogP contribution < -0.4 is 5.73 Å². The van der Waals surface area contributed by atoms with Gasteiger partial charge in [-0.05, 0) is 19.1 Å². The smallest absolute Gasteiger partial charge is 0.269 e. The van der Waals surface area contributed by atoms with Crippen LogP contribution in [0.15, 0.2) is 30.5 Å². The standard InChI is InChI=1S/C19H18N4O3/c1-12-16(17(20)24)22-15(11-21-12)14-5-3-4-13(10-14)6-7-19(26)8-9-23(2)18(19)25/h3-5,10-11,26H,8-9H2,1-2H3,(H2,20,24). The number of aromatic nitrogens is 2. The molecule has 1 atom stereocenters. The Morgan fingerprint density at radius 3 is 2.85 bits per heavy atom. The first-order valence-electron chi connectivity index (χ1n) is 8.05. The van der Waals surface area contributed by atoms with Crippen LogP contribution in [0.25, 0.3) is 11.3 Å². The number of hydrogen-bond acceptors (Lipinski definition) is 5. The van der Waals surface area contributed by atoms with E-state index >= 15 is 0 Å². The molecule has 0 spiro atoms. The SMILES string of the molecule is Cc1ncc(-c2cccc(C#CC3(O)CCN(C)C3=O)c2)nc1C(N)=O. The third kappa shape index (κ3) is 3.27. The highest BCUT2D eigenvalue weighted by Crippen LogP contribution is 2.22. The van der Waals surface area contributed by atoms with Gasteiger partial charge in [-0.3, -0.25) is 14.6 Å². The Morgan fingerprint density at radius 2 is 2.19 bits per heavy atom. The maximum atomic E-state index is 12.0. The number of nitrogens with zero attached hydrogens (tertiary/aromatic N) is 3. The molecule has 3 rings (SSSR count). The Kier molecular flexibility index (Phi) is 4.45. The molecule has 2 heterocycles. The van der Waals surface area contributed by atoms with Gasteiger partial charge in [0.1, 0.15) is 5.69 Å². The Labute approximate surface area is 150 Å². The number of hydrogen-bond donors (Lipinski definition) is 2. The third-order valence-corrected chi connectivity index (χ3v) is 4.27. The highest BCUT2D eigenvalue weighted by molar-refractivity contribution is 5.92. The number of aryl methyl sites for hydroxylation is 1. The normalized spacial score (nSPS) is 19.2. The van der Waals surface area contributed by atoms with Crippen LogP contribution in [0.1, 0.15) is 28.2 Å². The molecule has 1 aromatic carbocycles. The largest absolute Gasteiger partial charge is 0.369 e.